The van der Waals surface area contributed by atoms with E-state index in [1.165, 1.54) is 17.8 Å². The number of aryl methyl sites for hydroxylation is 1. The molecule has 0 atom stereocenters. The minimum absolute atomic E-state index is 0.279. The summed E-state index contributed by atoms with van der Waals surface area (Å²) >= 11 is 0. The van der Waals surface area contributed by atoms with Gasteiger partial charge >= 0.3 is 0 Å². The van der Waals surface area contributed by atoms with Crippen LogP contribution in [0.15, 0.2) is 48.8 Å². The van der Waals surface area contributed by atoms with Gasteiger partial charge in [0.1, 0.15) is 11.6 Å². The van der Waals surface area contributed by atoms with Crippen LogP contribution < -0.4 is 11.1 Å². The quantitative estimate of drug-likeness (QED) is 0.687. The van der Waals surface area contributed by atoms with Gasteiger partial charge in [0.05, 0.1) is 11.7 Å². The number of halogens is 1. The Kier molecular flexibility index (Phi) is 4.78. The Morgan fingerprint density at radius 2 is 1.91 bits per heavy atom. The Hall–Kier alpha value is -2.53. The third-order valence-electron chi connectivity index (χ3n) is 3.69. The molecule has 0 unspecified atom stereocenters. The van der Waals surface area contributed by atoms with E-state index in [-0.39, 0.29) is 5.82 Å². The van der Waals surface area contributed by atoms with Crippen LogP contribution in [0.3, 0.4) is 0 Å². The summed E-state index contributed by atoms with van der Waals surface area (Å²) in [6.45, 7) is 1.63. The lowest BCUT2D eigenvalue weighted by Crippen LogP contribution is -2.15. The molecule has 0 spiro atoms. The van der Waals surface area contributed by atoms with Gasteiger partial charge in [-0.2, -0.15) is 0 Å². The van der Waals surface area contributed by atoms with E-state index in [9.17, 15) is 4.39 Å². The number of hydrogen-bond acceptors (Lipinski definition) is 4. The second-order valence-electron chi connectivity index (χ2n) is 5.55. The van der Waals surface area contributed by atoms with Gasteiger partial charge in [0, 0.05) is 18.1 Å². The fourth-order valence-electron chi connectivity index (χ4n) is 2.53. The molecular weight excluding hydrogens is 291 g/mol. The zero-order valence-electron chi connectivity index (χ0n) is 12.8. The van der Waals surface area contributed by atoms with E-state index in [0.29, 0.717) is 5.82 Å². The van der Waals surface area contributed by atoms with Crippen molar-refractivity contribution in [2.75, 3.05) is 12.3 Å². The average molecular weight is 310 g/mol. The van der Waals surface area contributed by atoms with Crippen LogP contribution in [0.4, 0.5) is 10.2 Å². The molecule has 0 aliphatic rings. The summed E-state index contributed by atoms with van der Waals surface area (Å²) in [4.78, 5) is 8.19. The van der Waals surface area contributed by atoms with Gasteiger partial charge < -0.3 is 11.1 Å². The van der Waals surface area contributed by atoms with E-state index < -0.39 is 0 Å². The molecule has 4 nitrogen and oxygen atoms in total. The smallest absolute Gasteiger partial charge is 0.141 e. The summed E-state index contributed by atoms with van der Waals surface area (Å²) in [5.41, 5.74) is 8.73. The first-order chi connectivity index (χ1) is 11.2. The summed E-state index contributed by atoms with van der Waals surface area (Å²) in [7, 11) is 0. The lowest BCUT2D eigenvalue weighted by molar-refractivity contribution is 0.613. The molecule has 0 saturated heterocycles. The van der Waals surface area contributed by atoms with E-state index in [1.54, 1.807) is 6.20 Å². The number of nitrogens with one attached hydrogen (secondary N) is 1. The fourth-order valence-corrected chi connectivity index (χ4v) is 2.53. The van der Waals surface area contributed by atoms with Crippen LogP contribution in [0, 0.1) is 5.82 Å². The number of nitrogen functional groups attached to an aromatic ring is 1. The van der Waals surface area contributed by atoms with Crippen LogP contribution in [0.1, 0.15) is 17.5 Å². The molecule has 0 fully saturated rings. The number of hydrogen-bond donors (Lipinski definition) is 2. The fraction of sp³-hybridized carbons (Fsp3) is 0.222. The molecule has 0 bridgehead atoms. The maximum atomic E-state index is 13.0. The Bertz CT molecular complexity index is 804. The number of aromatic nitrogens is 2. The van der Waals surface area contributed by atoms with Crippen LogP contribution in [0.5, 0.6) is 0 Å². The van der Waals surface area contributed by atoms with E-state index >= 15 is 0 Å². The first-order valence-electron chi connectivity index (χ1n) is 7.66. The number of fused-ring (bicyclic) bond motifs is 1. The van der Waals surface area contributed by atoms with Crippen molar-refractivity contribution < 1.29 is 4.39 Å². The molecule has 0 amide bonds. The summed E-state index contributed by atoms with van der Waals surface area (Å²) < 4.78 is 13.0. The minimum atomic E-state index is -0.279. The average Bonchev–Trinajstić information content (AvgIpc) is 2.54. The molecule has 3 rings (SSSR count). The van der Waals surface area contributed by atoms with Crippen molar-refractivity contribution >= 4 is 16.7 Å². The van der Waals surface area contributed by atoms with Crippen molar-refractivity contribution in [2.24, 2.45) is 0 Å². The van der Waals surface area contributed by atoms with Gasteiger partial charge in [0.25, 0.3) is 0 Å². The SMILES string of the molecule is Nc1ccc2ccc(CNCCCc3cncc(F)c3)cc2n1. The molecule has 118 valence electrons. The van der Waals surface area contributed by atoms with Crippen molar-refractivity contribution in [1.82, 2.24) is 15.3 Å². The van der Waals surface area contributed by atoms with E-state index in [0.717, 1.165) is 42.4 Å². The molecule has 0 aliphatic heterocycles. The Labute approximate surface area is 134 Å². The largest absolute Gasteiger partial charge is 0.384 e. The lowest BCUT2D eigenvalue weighted by Gasteiger charge is -2.07. The van der Waals surface area contributed by atoms with Crippen molar-refractivity contribution in [3.05, 3.63) is 65.7 Å². The zero-order chi connectivity index (χ0) is 16.1. The first kappa shape index (κ1) is 15.4. The molecule has 0 radical (unpaired) electrons. The number of anilines is 1. The van der Waals surface area contributed by atoms with Gasteiger partial charge in [0.2, 0.25) is 0 Å². The molecule has 2 aromatic heterocycles. The number of pyridine rings is 2. The molecular formula is C18H19FN4. The first-order valence-corrected chi connectivity index (χ1v) is 7.66. The molecule has 1 aromatic carbocycles. The Balaban J connectivity index is 1.49. The van der Waals surface area contributed by atoms with Crippen molar-refractivity contribution in [3.8, 4) is 0 Å². The van der Waals surface area contributed by atoms with Crippen molar-refractivity contribution in [2.45, 2.75) is 19.4 Å². The molecule has 3 N–H and O–H groups in total. The number of benzene rings is 1. The predicted molar refractivity (Wildman–Crippen MR) is 90.4 cm³/mol. The number of nitrogens with zero attached hydrogens (tertiary/aromatic N) is 2. The van der Waals surface area contributed by atoms with Gasteiger partial charge in [-0.3, -0.25) is 4.98 Å². The van der Waals surface area contributed by atoms with Crippen LogP contribution in [-0.4, -0.2) is 16.5 Å². The lowest BCUT2D eigenvalue weighted by atomic mass is 10.1. The molecule has 0 saturated carbocycles. The van der Waals surface area contributed by atoms with Gasteiger partial charge in [0.15, 0.2) is 0 Å². The molecule has 23 heavy (non-hydrogen) atoms. The van der Waals surface area contributed by atoms with Crippen molar-refractivity contribution in [3.63, 3.8) is 0 Å². The summed E-state index contributed by atoms with van der Waals surface area (Å²) in [6, 6.07) is 11.5. The molecule has 2 heterocycles. The predicted octanol–water partition coefficient (Wildman–Crippen LogP) is 3.07. The third-order valence-corrected chi connectivity index (χ3v) is 3.69. The minimum Gasteiger partial charge on any atom is -0.384 e. The van der Waals surface area contributed by atoms with Crippen LogP contribution in [0.25, 0.3) is 10.9 Å². The van der Waals surface area contributed by atoms with Crippen molar-refractivity contribution in [1.29, 1.82) is 0 Å². The maximum absolute atomic E-state index is 13.0. The highest BCUT2D eigenvalue weighted by Crippen LogP contribution is 2.15. The Morgan fingerprint density at radius 1 is 1.04 bits per heavy atom. The zero-order valence-corrected chi connectivity index (χ0v) is 12.8. The van der Waals surface area contributed by atoms with E-state index in [4.69, 9.17) is 5.73 Å². The van der Waals surface area contributed by atoms with Crippen LogP contribution in [0.2, 0.25) is 0 Å². The van der Waals surface area contributed by atoms with Gasteiger partial charge in [-0.15, -0.1) is 0 Å². The standard InChI is InChI=1S/C18H19FN4/c19-16-8-13(11-22-12-16)2-1-7-21-10-14-3-4-15-5-6-18(20)23-17(15)9-14/h3-6,8-9,11-12,21H,1-2,7,10H2,(H2,20,23). The third kappa shape index (κ3) is 4.23. The summed E-state index contributed by atoms with van der Waals surface area (Å²) in [5.74, 6) is 0.254. The second-order valence-corrected chi connectivity index (χ2v) is 5.55. The number of rotatable bonds is 6. The van der Waals surface area contributed by atoms with Gasteiger partial charge in [-0.1, -0.05) is 12.1 Å². The molecule has 0 aliphatic carbocycles. The summed E-state index contributed by atoms with van der Waals surface area (Å²) in [6.07, 6.45) is 4.68. The highest BCUT2D eigenvalue weighted by Gasteiger charge is 2.00. The highest BCUT2D eigenvalue weighted by molar-refractivity contribution is 5.80. The van der Waals surface area contributed by atoms with Gasteiger partial charge in [-0.05, 0) is 54.8 Å². The maximum Gasteiger partial charge on any atom is 0.141 e. The van der Waals surface area contributed by atoms with E-state index in [2.05, 4.69) is 33.5 Å². The Morgan fingerprint density at radius 3 is 2.78 bits per heavy atom. The van der Waals surface area contributed by atoms with Gasteiger partial charge in [-0.25, -0.2) is 9.37 Å². The van der Waals surface area contributed by atoms with Crippen LogP contribution in [-0.2, 0) is 13.0 Å². The number of nitrogens with two attached hydrogens (primary N) is 1. The van der Waals surface area contributed by atoms with Crippen LogP contribution >= 0.6 is 0 Å². The second kappa shape index (κ2) is 7.15. The normalized spacial score (nSPS) is 11.0. The monoisotopic (exact) mass is 310 g/mol. The molecule has 3 aromatic rings. The summed E-state index contributed by atoms with van der Waals surface area (Å²) in [5, 5.41) is 4.48. The van der Waals surface area contributed by atoms with E-state index in [1.807, 2.05) is 12.1 Å². The molecule has 5 heteroatoms. The highest BCUT2D eigenvalue weighted by atomic mass is 19.1. The topological polar surface area (TPSA) is 63.8 Å².